The third-order valence-corrected chi connectivity index (χ3v) is 4.73. The van der Waals surface area contributed by atoms with E-state index < -0.39 is 0 Å². The summed E-state index contributed by atoms with van der Waals surface area (Å²) in [5.41, 5.74) is 0.283. The maximum Gasteiger partial charge on any atom is 0.0540 e. The van der Waals surface area contributed by atoms with Crippen LogP contribution in [-0.4, -0.2) is 27.4 Å². The summed E-state index contributed by atoms with van der Waals surface area (Å²) in [5, 5.41) is 0. The van der Waals surface area contributed by atoms with Crippen LogP contribution in [0.1, 0.15) is 59.3 Å². The maximum absolute atomic E-state index is 5.50. The van der Waals surface area contributed by atoms with E-state index in [-0.39, 0.29) is 5.41 Å². The third kappa shape index (κ3) is 5.07. The molecular weight excluding hydrogens is 236 g/mol. The van der Waals surface area contributed by atoms with Crippen LogP contribution in [0.2, 0.25) is 0 Å². The molecule has 1 aliphatic rings. The van der Waals surface area contributed by atoms with Crippen molar-refractivity contribution in [2.24, 2.45) is 23.2 Å². The fraction of sp³-hybridized carbons (Fsp3) is 1.00. The lowest BCUT2D eigenvalue weighted by Gasteiger charge is -2.28. The number of rotatable bonds is 9. The van der Waals surface area contributed by atoms with Crippen molar-refractivity contribution in [2.75, 3.05) is 27.4 Å². The zero-order valence-electron chi connectivity index (χ0n) is 13.7. The highest BCUT2D eigenvalue weighted by Gasteiger charge is 2.44. The summed E-state index contributed by atoms with van der Waals surface area (Å²) >= 11 is 0. The minimum Gasteiger partial charge on any atom is -0.384 e. The first kappa shape index (κ1) is 17.0. The summed E-state index contributed by atoms with van der Waals surface area (Å²) < 4.78 is 11.0. The van der Waals surface area contributed by atoms with Crippen LogP contribution < -0.4 is 0 Å². The van der Waals surface area contributed by atoms with Gasteiger partial charge in [-0.15, -0.1) is 0 Å². The van der Waals surface area contributed by atoms with Crippen LogP contribution in [0.4, 0.5) is 0 Å². The van der Waals surface area contributed by atoms with E-state index in [1.54, 1.807) is 0 Å². The van der Waals surface area contributed by atoms with E-state index in [9.17, 15) is 0 Å². The highest BCUT2D eigenvalue weighted by atomic mass is 16.5. The van der Waals surface area contributed by atoms with Gasteiger partial charge in [-0.05, 0) is 37.0 Å². The van der Waals surface area contributed by atoms with Crippen LogP contribution in [0.25, 0.3) is 0 Å². The Morgan fingerprint density at radius 2 is 1.53 bits per heavy atom. The molecule has 0 aliphatic heterocycles. The molecule has 0 saturated heterocycles. The lowest BCUT2D eigenvalue weighted by Crippen LogP contribution is -2.29. The summed E-state index contributed by atoms with van der Waals surface area (Å²) in [7, 11) is 3.65. The van der Waals surface area contributed by atoms with E-state index in [1.807, 2.05) is 14.2 Å². The molecule has 0 unspecified atom stereocenters. The molecule has 0 radical (unpaired) electrons. The standard InChI is InChI=1S/C17H34O2/c1-6-7-15-10-17(12-18-4,13-19-5)11-16(15)9-8-14(2)3/h14-16H,6-13H2,1-5H3/t15-,16-/m1/s1. The summed E-state index contributed by atoms with van der Waals surface area (Å²) in [5.74, 6) is 2.59. The zero-order chi connectivity index (χ0) is 14.3. The Morgan fingerprint density at radius 1 is 1.00 bits per heavy atom. The maximum atomic E-state index is 5.50. The van der Waals surface area contributed by atoms with Crippen molar-refractivity contribution in [3.63, 3.8) is 0 Å². The van der Waals surface area contributed by atoms with Gasteiger partial charge in [-0.1, -0.05) is 40.0 Å². The van der Waals surface area contributed by atoms with E-state index in [4.69, 9.17) is 9.47 Å². The molecule has 0 aromatic rings. The van der Waals surface area contributed by atoms with Gasteiger partial charge < -0.3 is 9.47 Å². The average molecular weight is 270 g/mol. The first-order chi connectivity index (χ1) is 9.06. The first-order valence-electron chi connectivity index (χ1n) is 8.04. The van der Waals surface area contributed by atoms with Crippen molar-refractivity contribution in [2.45, 2.75) is 59.3 Å². The molecule has 2 heteroatoms. The van der Waals surface area contributed by atoms with Gasteiger partial charge >= 0.3 is 0 Å². The molecule has 1 saturated carbocycles. The van der Waals surface area contributed by atoms with Gasteiger partial charge in [0.15, 0.2) is 0 Å². The Labute approximate surface area is 120 Å². The van der Waals surface area contributed by atoms with Gasteiger partial charge in [0.1, 0.15) is 0 Å². The molecule has 0 heterocycles. The minimum atomic E-state index is 0.283. The van der Waals surface area contributed by atoms with Gasteiger partial charge in [0.05, 0.1) is 13.2 Å². The van der Waals surface area contributed by atoms with Crippen molar-refractivity contribution < 1.29 is 9.47 Å². The zero-order valence-corrected chi connectivity index (χ0v) is 13.7. The van der Waals surface area contributed by atoms with Crippen molar-refractivity contribution in [1.82, 2.24) is 0 Å². The number of ether oxygens (including phenoxy) is 2. The molecule has 1 rings (SSSR count). The van der Waals surface area contributed by atoms with Gasteiger partial charge in [-0.25, -0.2) is 0 Å². The fourth-order valence-corrected chi connectivity index (χ4v) is 4.01. The molecule has 0 N–H and O–H groups in total. The fourth-order valence-electron chi connectivity index (χ4n) is 4.01. The summed E-state index contributed by atoms with van der Waals surface area (Å²) in [6.45, 7) is 8.70. The van der Waals surface area contributed by atoms with Gasteiger partial charge in [-0.2, -0.15) is 0 Å². The van der Waals surface area contributed by atoms with E-state index in [0.717, 1.165) is 31.0 Å². The smallest absolute Gasteiger partial charge is 0.0540 e. The van der Waals surface area contributed by atoms with Crippen LogP contribution in [0, 0.1) is 23.2 Å². The monoisotopic (exact) mass is 270 g/mol. The molecule has 2 atom stereocenters. The molecule has 114 valence electrons. The summed E-state index contributed by atoms with van der Waals surface area (Å²) in [4.78, 5) is 0. The van der Waals surface area contributed by atoms with Crippen LogP contribution >= 0.6 is 0 Å². The predicted molar refractivity (Wildman–Crippen MR) is 81.4 cm³/mol. The highest BCUT2D eigenvalue weighted by molar-refractivity contribution is 4.94. The number of hydrogen-bond acceptors (Lipinski definition) is 2. The molecule has 0 aromatic heterocycles. The van der Waals surface area contributed by atoms with E-state index >= 15 is 0 Å². The minimum absolute atomic E-state index is 0.283. The second kappa shape index (κ2) is 8.26. The molecule has 0 aromatic carbocycles. The van der Waals surface area contributed by atoms with Crippen molar-refractivity contribution in [3.05, 3.63) is 0 Å². The Hall–Kier alpha value is -0.0800. The molecule has 1 aliphatic carbocycles. The van der Waals surface area contributed by atoms with Crippen molar-refractivity contribution in [1.29, 1.82) is 0 Å². The van der Waals surface area contributed by atoms with Gasteiger partial charge in [0, 0.05) is 19.6 Å². The summed E-state index contributed by atoms with van der Waals surface area (Å²) in [6, 6.07) is 0. The van der Waals surface area contributed by atoms with Crippen LogP contribution in [0.3, 0.4) is 0 Å². The van der Waals surface area contributed by atoms with Gasteiger partial charge in [0.25, 0.3) is 0 Å². The lowest BCUT2D eigenvalue weighted by atomic mass is 9.86. The Balaban J connectivity index is 2.67. The molecule has 1 fully saturated rings. The first-order valence-corrected chi connectivity index (χ1v) is 8.04. The second-order valence-electron chi connectivity index (χ2n) is 7.05. The van der Waals surface area contributed by atoms with E-state index in [2.05, 4.69) is 20.8 Å². The SMILES string of the molecule is CCC[C@@H]1CC(COC)(COC)C[C@H]1CCC(C)C. The quantitative estimate of drug-likeness (QED) is 0.613. The Morgan fingerprint density at radius 3 is 1.95 bits per heavy atom. The summed E-state index contributed by atoms with van der Waals surface area (Å²) in [6.07, 6.45) is 8.02. The lowest BCUT2D eigenvalue weighted by molar-refractivity contribution is 0.0100. The van der Waals surface area contributed by atoms with Crippen LogP contribution in [0.5, 0.6) is 0 Å². The van der Waals surface area contributed by atoms with Crippen LogP contribution in [0.15, 0.2) is 0 Å². The third-order valence-electron chi connectivity index (χ3n) is 4.73. The van der Waals surface area contributed by atoms with Crippen molar-refractivity contribution in [3.8, 4) is 0 Å². The molecule has 19 heavy (non-hydrogen) atoms. The van der Waals surface area contributed by atoms with Gasteiger partial charge in [0.2, 0.25) is 0 Å². The molecule has 0 bridgehead atoms. The normalized spacial score (nSPS) is 26.2. The largest absolute Gasteiger partial charge is 0.384 e. The Bertz CT molecular complexity index is 231. The van der Waals surface area contributed by atoms with Crippen LogP contribution in [-0.2, 0) is 9.47 Å². The average Bonchev–Trinajstić information content (AvgIpc) is 2.66. The van der Waals surface area contributed by atoms with E-state index in [1.165, 1.54) is 38.5 Å². The second-order valence-corrected chi connectivity index (χ2v) is 7.05. The molecule has 0 spiro atoms. The number of hydrogen-bond donors (Lipinski definition) is 0. The van der Waals surface area contributed by atoms with E-state index in [0.29, 0.717) is 0 Å². The molecule has 0 amide bonds. The molecule has 2 nitrogen and oxygen atoms in total. The highest BCUT2D eigenvalue weighted by Crippen LogP contribution is 2.49. The molecular formula is C17H34O2. The topological polar surface area (TPSA) is 18.5 Å². The van der Waals surface area contributed by atoms with Gasteiger partial charge in [-0.3, -0.25) is 0 Å². The predicted octanol–water partition coefficient (Wildman–Crippen LogP) is 4.53. The van der Waals surface area contributed by atoms with Crippen molar-refractivity contribution >= 4 is 0 Å². The Kier molecular flexibility index (Phi) is 7.38. The number of methoxy groups -OCH3 is 2.